The van der Waals surface area contributed by atoms with Crippen molar-refractivity contribution in [1.82, 2.24) is 15.5 Å². The Morgan fingerprint density at radius 2 is 1.96 bits per heavy atom. The van der Waals surface area contributed by atoms with E-state index < -0.39 is 18.2 Å². The van der Waals surface area contributed by atoms with Crippen LogP contribution in [-0.2, 0) is 20.8 Å². The predicted molar refractivity (Wildman–Crippen MR) is 92.6 cm³/mol. The molecule has 3 atom stereocenters. The fraction of sp³-hybridized carbons (Fsp3) is 0.500. The molecule has 1 aliphatic heterocycles. The van der Waals surface area contributed by atoms with Crippen molar-refractivity contribution >= 4 is 17.7 Å². The Bertz CT molecular complexity index is 620. The van der Waals surface area contributed by atoms with Crippen LogP contribution in [0.4, 0.5) is 0 Å². The summed E-state index contributed by atoms with van der Waals surface area (Å²) in [5, 5.41) is 15.2. The summed E-state index contributed by atoms with van der Waals surface area (Å²) in [6, 6.07) is 8.33. The van der Waals surface area contributed by atoms with E-state index in [9.17, 15) is 19.5 Å². The fourth-order valence-corrected chi connectivity index (χ4v) is 3.01. The molecule has 136 valence electrons. The zero-order valence-corrected chi connectivity index (χ0v) is 14.6. The predicted octanol–water partition coefficient (Wildman–Crippen LogP) is -0.168. The summed E-state index contributed by atoms with van der Waals surface area (Å²) in [7, 11) is 0. The molecule has 1 unspecified atom stereocenters. The molecule has 0 radical (unpaired) electrons. The molecule has 1 aromatic carbocycles. The molecule has 7 heteroatoms. The Morgan fingerprint density at radius 3 is 2.60 bits per heavy atom. The highest BCUT2D eigenvalue weighted by molar-refractivity contribution is 5.92. The van der Waals surface area contributed by atoms with E-state index in [1.807, 2.05) is 30.3 Å². The molecule has 0 saturated carbocycles. The average Bonchev–Trinajstić information content (AvgIpc) is 2.96. The van der Waals surface area contributed by atoms with Gasteiger partial charge in [0, 0.05) is 26.4 Å². The van der Waals surface area contributed by atoms with Gasteiger partial charge < -0.3 is 20.6 Å². The Labute approximate surface area is 147 Å². The van der Waals surface area contributed by atoms with Crippen LogP contribution in [0.3, 0.4) is 0 Å². The second-order valence-corrected chi connectivity index (χ2v) is 6.34. The van der Waals surface area contributed by atoms with E-state index in [1.165, 1.54) is 11.8 Å². The van der Waals surface area contributed by atoms with Crippen LogP contribution >= 0.6 is 0 Å². The standard InChI is InChI=1S/C18H25N3O4/c1-12(20-13(2)22)18(25)21-11-15(23)10-16(21)17(24)19-9-8-14-6-4-3-5-7-14/h3-7,12,15-16,23H,8-11H2,1-2H3,(H,19,24)(H,20,22)/t12?,15-,16+/m1/s1. The summed E-state index contributed by atoms with van der Waals surface area (Å²) in [5.74, 6) is -0.963. The smallest absolute Gasteiger partial charge is 0.245 e. The van der Waals surface area contributed by atoms with Crippen molar-refractivity contribution in [2.75, 3.05) is 13.1 Å². The quantitative estimate of drug-likeness (QED) is 0.665. The van der Waals surface area contributed by atoms with E-state index in [0.717, 1.165) is 5.56 Å². The number of carbonyl (C=O) groups is 3. The van der Waals surface area contributed by atoms with Crippen molar-refractivity contribution in [3.05, 3.63) is 35.9 Å². The van der Waals surface area contributed by atoms with Crippen molar-refractivity contribution < 1.29 is 19.5 Å². The zero-order chi connectivity index (χ0) is 18.4. The molecule has 1 saturated heterocycles. The highest BCUT2D eigenvalue weighted by Gasteiger charge is 2.40. The van der Waals surface area contributed by atoms with E-state index in [-0.39, 0.29) is 30.7 Å². The van der Waals surface area contributed by atoms with Gasteiger partial charge in [0.05, 0.1) is 6.10 Å². The third kappa shape index (κ3) is 5.29. The van der Waals surface area contributed by atoms with Crippen molar-refractivity contribution in [1.29, 1.82) is 0 Å². The van der Waals surface area contributed by atoms with Crippen molar-refractivity contribution in [2.45, 2.75) is 44.9 Å². The summed E-state index contributed by atoms with van der Waals surface area (Å²) in [4.78, 5) is 37.4. The molecule has 0 bridgehead atoms. The molecule has 25 heavy (non-hydrogen) atoms. The van der Waals surface area contributed by atoms with Crippen LogP contribution in [0.5, 0.6) is 0 Å². The van der Waals surface area contributed by atoms with Gasteiger partial charge in [-0.25, -0.2) is 0 Å². The number of rotatable bonds is 6. The first-order valence-electron chi connectivity index (χ1n) is 8.45. The van der Waals surface area contributed by atoms with Gasteiger partial charge in [0.25, 0.3) is 0 Å². The molecular formula is C18H25N3O4. The van der Waals surface area contributed by atoms with Gasteiger partial charge in [-0.2, -0.15) is 0 Å². The highest BCUT2D eigenvalue weighted by atomic mass is 16.3. The van der Waals surface area contributed by atoms with Crippen LogP contribution in [0.15, 0.2) is 30.3 Å². The third-order valence-corrected chi connectivity index (χ3v) is 4.21. The SMILES string of the molecule is CC(=O)NC(C)C(=O)N1C[C@H](O)C[C@H]1C(=O)NCCc1ccccc1. The summed E-state index contributed by atoms with van der Waals surface area (Å²) < 4.78 is 0. The Kier molecular flexibility index (Phi) is 6.52. The van der Waals surface area contributed by atoms with Crippen LogP contribution in [0.25, 0.3) is 0 Å². The minimum Gasteiger partial charge on any atom is -0.391 e. The maximum Gasteiger partial charge on any atom is 0.245 e. The van der Waals surface area contributed by atoms with Crippen LogP contribution in [-0.4, -0.2) is 59.0 Å². The van der Waals surface area contributed by atoms with E-state index in [2.05, 4.69) is 10.6 Å². The van der Waals surface area contributed by atoms with Crippen LogP contribution in [0.2, 0.25) is 0 Å². The second kappa shape index (κ2) is 8.62. The number of hydrogen-bond acceptors (Lipinski definition) is 4. The topological polar surface area (TPSA) is 98.7 Å². The van der Waals surface area contributed by atoms with Gasteiger partial charge in [-0.05, 0) is 18.9 Å². The Morgan fingerprint density at radius 1 is 1.28 bits per heavy atom. The van der Waals surface area contributed by atoms with Crippen LogP contribution in [0, 0.1) is 0 Å². The maximum atomic E-state index is 12.5. The molecule has 7 nitrogen and oxygen atoms in total. The first kappa shape index (κ1) is 18.9. The molecule has 1 fully saturated rings. The lowest BCUT2D eigenvalue weighted by molar-refractivity contribution is -0.140. The zero-order valence-electron chi connectivity index (χ0n) is 14.6. The van der Waals surface area contributed by atoms with E-state index in [0.29, 0.717) is 13.0 Å². The van der Waals surface area contributed by atoms with Gasteiger partial charge >= 0.3 is 0 Å². The number of benzene rings is 1. The monoisotopic (exact) mass is 347 g/mol. The van der Waals surface area contributed by atoms with Gasteiger partial charge in [0.15, 0.2) is 0 Å². The van der Waals surface area contributed by atoms with Gasteiger partial charge in [0.1, 0.15) is 12.1 Å². The first-order chi connectivity index (χ1) is 11.9. The number of hydrogen-bond donors (Lipinski definition) is 3. The van der Waals surface area contributed by atoms with Crippen molar-refractivity contribution in [3.63, 3.8) is 0 Å². The lowest BCUT2D eigenvalue weighted by Crippen LogP contribution is -2.52. The number of nitrogens with one attached hydrogen (secondary N) is 2. The third-order valence-electron chi connectivity index (χ3n) is 4.21. The lowest BCUT2D eigenvalue weighted by atomic mass is 10.1. The molecule has 2 rings (SSSR count). The molecule has 3 N–H and O–H groups in total. The molecule has 1 aliphatic rings. The van der Waals surface area contributed by atoms with E-state index in [1.54, 1.807) is 6.92 Å². The normalized spacial score (nSPS) is 20.8. The number of amides is 3. The molecule has 0 aromatic heterocycles. The molecule has 3 amide bonds. The number of aliphatic hydroxyl groups excluding tert-OH is 1. The van der Waals surface area contributed by atoms with Gasteiger partial charge in [-0.1, -0.05) is 30.3 Å². The van der Waals surface area contributed by atoms with E-state index in [4.69, 9.17) is 0 Å². The maximum absolute atomic E-state index is 12.5. The summed E-state index contributed by atoms with van der Waals surface area (Å²) in [6.07, 6.45) is 0.159. The molecule has 1 aromatic rings. The number of carbonyl (C=O) groups excluding carboxylic acids is 3. The van der Waals surface area contributed by atoms with Crippen molar-refractivity contribution in [2.24, 2.45) is 0 Å². The highest BCUT2D eigenvalue weighted by Crippen LogP contribution is 2.19. The van der Waals surface area contributed by atoms with Crippen LogP contribution in [0.1, 0.15) is 25.8 Å². The van der Waals surface area contributed by atoms with Gasteiger partial charge in [-0.3, -0.25) is 14.4 Å². The van der Waals surface area contributed by atoms with Crippen molar-refractivity contribution in [3.8, 4) is 0 Å². The minimum absolute atomic E-state index is 0.0968. The summed E-state index contributed by atoms with van der Waals surface area (Å²) in [6.45, 7) is 3.45. The average molecular weight is 347 g/mol. The van der Waals surface area contributed by atoms with E-state index >= 15 is 0 Å². The molecule has 0 spiro atoms. The number of likely N-dealkylation sites (tertiary alicyclic amines) is 1. The minimum atomic E-state index is -0.738. The van der Waals surface area contributed by atoms with Gasteiger partial charge in [0.2, 0.25) is 17.7 Å². The number of aliphatic hydroxyl groups is 1. The molecule has 0 aliphatic carbocycles. The van der Waals surface area contributed by atoms with Crippen LogP contribution < -0.4 is 10.6 Å². The van der Waals surface area contributed by atoms with Gasteiger partial charge in [-0.15, -0.1) is 0 Å². The summed E-state index contributed by atoms with van der Waals surface area (Å²) >= 11 is 0. The summed E-state index contributed by atoms with van der Waals surface area (Å²) in [5.41, 5.74) is 1.11. The number of nitrogens with zero attached hydrogens (tertiary/aromatic N) is 1. The lowest BCUT2D eigenvalue weighted by Gasteiger charge is -2.26. The molecular weight excluding hydrogens is 322 g/mol. The second-order valence-electron chi connectivity index (χ2n) is 6.34. The molecule has 1 heterocycles. The number of β-amino-alcohol motifs (C(OH)–C–C–N with tert-alkyl or cyclic N) is 1. The Hall–Kier alpha value is -2.41. The largest absolute Gasteiger partial charge is 0.391 e. The Balaban J connectivity index is 1.92. The first-order valence-corrected chi connectivity index (χ1v) is 8.45. The fourth-order valence-electron chi connectivity index (χ4n) is 3.01.